The molecule has 0 fully saturated rings. The molecule has 2 N–H and O–H groups in total. The SMILES string of the molecule is CCCCNC(=O)COC(=O)CNC(=O)c1cccc([N+](=O)[O-])c1. The highest BCUT2D eigenvalue weighted by molar-refractivity contribution is 5.96. The van der Waals surface area contributed by atoms with Gasteiger partial charge < -0.3 is 15.4 Å². The van der Waals surface area contributed by atoms with Crippen LogP contribution < -0.4 is 10.6 Å². The molecule has 9 nitrogen and oxygen atoms in total. The van der Waals surface area contributed by atoms with E-state index in [1.54, 1.807) is 0 Å². The second-order valence-electron chi connectivity index (χ2n) is 4.85. The highest BCUT2D eigenvalue weighted by Gasteiger charge is 2.13. The lowest BCUT2D eigenvalue weighted by Crippen LogP contribution is -2.34. The van der Waals surface area contributed by atoms with E-state index in [1.807, 2.05) is 6.92 Å². The third-order valence-corrected chi connectivity index (χ3v) is 2.93. The van der Waals surface area contributed by atoms with Crippen molar-refractivity contribution in [2.24, 2.45) is 0 Å². The summed E-state index contributed by atoms with van der Waals surface area (Å²) in [7, 11) is 0. The molecule has 0 heterocycles. The highest BCUT2D eigenvalue weighted by Crippen LogP contribution is 2.12. The van der Waals surface area contributed by atoms with E-state index in [2.05, 4.69) is 10.6 Å². The minimum Gasteiger partial charge on any atom is -0.454 e. The normalized spacial score (nSPS) is 9.88. The lowest BCUT2D eigenvalue weighted by molar-refractivity contribution is -0.384. The molecule has 1 rings (SSSR count). The Labute approximate surface area is 138 Å². The number of nitro groups is 1. The number of hydrogen-bond donors (Lipinski definition) is 2. The van der Waals surface area contributed by atoms with Crippen LogP contribution in [0.5, 0.6) is 0 Å². The van der Waals surface area contributed by atoms with Crippen molar-refractivity contribution < 1.29 is 24.0 Å². The zero-order valence-electron chi connectivity index (χ0n) is 13.2. The van der Waals surface area contributed by atoms with Crippen LogP contribution in [0.2, 0.25) is 0 Å². The van der Waals surface area contributed by atoms with E-state index < -0.39 is 35.9 Å². The standard InChI is InChI=1S/C15H19N3O6/c1-2-3-7-16-13(19)10-24-14(20)9-17-15(21)11-5-4-6-12(8-11)18(22)23/h4-6,8H,2-3,7,9-10H2,1H3,(H,16,19)(H,17,21). The first-order valence-corrected chi connectivity index (χ1v) is 7.39. The average molecular weight is 337 g/mol. The molecule has 0 aliphatic rings. The summed E-state index contributed by atoms with van der Waals surface area (Å²) in [5.74, 6) is -1.84. The number of carbonyl (C=O) groups excluding carboxylic acids is 3. The Morgan fingerprint density at radius 3 is 2.67 bits per heavy atom. The predicted octanol–water partition coefficient (Wildman–Crippen LogP) is 0.784. The zero-order valence-corrected chi connectivity index (χ0v) is 13.2. The summed E-state index contributed by atoms with van der Waals surface area (Å²) in [5, 5.41) is 15.5. The van der Waals surface area contributed by atoms with E-state index in [-0.39, 0.29) is 11.3 Å². The fourth-order valence-corrected chi connectivity index (χ4v) is 1.67. The van der Waals surface area contributed by atoms with E-state index in [4.69, 9.17) is 4.74 Å². The maximum Gasteiger partial charge on any atom is 0.325 e. The molecular formula is C15H19N3O6. The molecule has 0 saturated carbocycles. The van der Waals surface area contributed by atoms with Crippen molar-refractivity contribution >= 4 is 23.5 Å². The second kappa shape index (κ2) is 9.93. The number of carbonyl (C=O) groups is 3. The summed E-state index contributed by atoms with van der Waals surface area (Å²) in [6.07, 6.45) is 1.77. The lowest BCUT2D eigenvalue weighted by atomic mass is 10.2. The molecule has 24 heavy (non-hydrogen) atoms. The third kappa shape index (κ3) is 6.86. The van der Waals surface area contributed by atoms with Gasteiger partial charge in [-0.2, -0.15) is 0 Å². The van der Waals surface area contributed by atoms with E-state index in [0.29, 0.717) is 6.54 Å². The predicted molar refractivity (Wildman–Crippen MR) is 84.3 cm³/mol. The van der Waals surface area contributed by atoms with Gasteiger partial charge in [-0.15, -0.1) is 0 Å². The van der Waals surface area contributed by atoms with Crippen molar-refractivity contribution in [3.63, 3.8) is 0 Å². The Morgan fingerprint density at radius 2 is 2.00 bits per heavy atom. The van der Waals surface area contributed by atoms with Gasteiger partial charge in [-0.05, 0) is 12.5 Å². The Balaban J connectivity index is 2.36. The number of nitro benzene ring substituents is 1. The molecule has 0 bridgehead atoms. The van der Waals surface area contributed by atoms with Gasteiger partial charge in [0.15, 0.2) is 6.61 Å². The molecule has 0 unspecified atom stereocenters. The summed E-state index contributed by atoms with van der Waals surface area (Å²) in [4.78, 5) is 44.6. The molecule has 0 spiro atoms. The van der Waals surface area contributed by atoms with Crippen LogP contribution in [0, 0.1) is 10.1 Å². The molecule has 9 heteroatoms. The van der Waals surface area contributed by atoms with Gasteiger partial charge >= 0.3 is 5.97 Å². The van der Waals surface area contributed by atoms with Crippen LogP contribution in [0.4, 0.5) is 5.69 Å². The van der Waals surface area contributed by atoms with Crippen molar-refractivity contribution in [3.05, 3.63) is 39.9 Å². The molecule has 0 aromatic heterocycles. The number of benzene rings is 1. The van der Waals surface area contributed by atoms with Crippen LogP contribution >= 0.6 is 0 Å². The van der Waals surface area contributed by atoms with Crippen LogP contribution in [-0.2, 0) is 14.3 Å². The van der Waals surface area contributed by atoms with Gasteiger partial charge in [0.25, 0.3) is 17.5 Å². The molecule has 0 aliphatic heterocycles. The van der Waals surface area contributed by atoms with Gasteiger partial charge in [0.05, 0.1) is 4.92 Å². The van der Waals surface area contributed by atoms with Crippen molar-refractivity contribution in [2.45, 2.75) is 19.8 Å². The summed E-state index contributed by atoms with van der Waals surface area (Å²) in [6.45, 7) is 1.63. The van der Waals surface area contributed by atoms with Crippen LogP contribution in [0.1, 0.15) is 30.1 Å². The van der Waals surface area contributed by atoms with Crippen molar-refractivity contribution in [1.29, 1.82) is 0 Å². The summed E-state index contributed by atoms with van der Waals surface area (Å²) in [5.41, 5.74) is -0.178. The van der Waals surface area contributed by atoms with Gasteiger partial charge in [-0.3, -0.25) is 24.5 Å². The lowest BCUT2D eigenvalue weighted by Gasteiger charge is -2.07. The molecule has 0 radical (unpaired) electrons. The Bertz CT molecular complexity index is 617. The molecule has 0 atom stereocenters. The quantitative estimate of drug-likeness (QED) is 0.297. The first-order chi connectivity index (χ1) is 11.4. The summed E-state index contributed by atoms with van der Waals surface area (Å²) in [6, 6.07) is 5.10. The van der Waals surface area contributed by atoms with Crippen LogP contribution in [-0.4, -0.2) is 42.4 Å². The van der Waals surface area contributed by atoms with Gasteiger partial charge in [0.1, 0.15) is 6.54 Å². The van der Waals surface area contributed by atoms with Gasteiger partial charge in [0.2, 0.25) is 0 Å². The first-order valence-electron chi connectivity index (χ1n) is 7.39. The minimum absolute atomic E-state index is 0.0503. The van der Waals surface area contributed by atoms with Crippen molar-refractivity contribution in [3.8, 4) is 0 Å². The number of non-ortho nitro benzene ring substituents is 1. The Morgan fingerprint density at radius 1 is 1.25 bits per heavy atom. The molecule has 130 valence electrons. The number of esters is 1. The molecule has 1 aromatic rings. The van der Waals surface area contributed by atoms with Crippen LogP contribution in [0.15, 0.2) is 24.3 Å². The smallest absolute Gasteiger partial charge is 0.325 e. The maximum atomic E-state index is 11.8. The average Bonchev–Trinajstić information content (AvgIpc) is 2.58. The highest BCUT2D eigenvalue weighted by atomic mass is 16.6. The van der Waals surface area contributed by atoms with Gasteiger partial charge in [-0.25, -0.2) is 0 Å². The van der Waals surface area contributed by atoms with Gasteiger partial charge in [0, 0.05) is 24.2 Å². The topological polar surface area (TPSA) is 128 Å². The number of nitrogens with one attached hydrogen (secondary N) is 2. The van der Waals surface area contributed by atoms with Crippen molar-refractivity contribution in [1.82, 2.24) is 10.6 Å². The fourth-order valence-electron chi connectivity index (χ4n) is 1.67. The Hall–Kier alpha value is -2.97. The van der Waals surface area contributed by atoms with E-state index in [9.17, 15) is 24.5 Å². The number of ether oxygens (including phenoxy) is 1. The zero-order chi connectivity index (χ0) is 17.9. The monoisotopic (exact) mass is 337 g/mol. The minimum atomic E-state index is -0.778. The fraction of sp³-hybridized carbons (Fsp3) is 0.400. The van der Waals surface area contributed by atoms with Crippen LogP contribution in [0.25, 0.3) is 0 Å². The third-order valence-electron chi connectivity index (χ3n) is 2.93. The summed E-state index contributed by atoms with van der Waals surface area (Å²) < 4.78 is 4.71. The largest absolute Gasteiger partial charge is 0.454 e. The van der Waals surface area contributed by atoms with Crippen LogP contribution in [0.3, 0.4) is 0 Å². The number of rotatable bonds is 9. The van der Waals surface area contributed by atoms with E-state index in [1.165, 1.54) is 18.2 Å². The first kappa shape index (κ1) is 19.1. The Kier molecular flexibility index (Phi) is 7.89. The number of amides is 2. The number of nitrogens with zero attached hydrogens (tertiary/aromatic N) is 1. The molecule has 2 amide bonds. The van der Waals surface area contributed by atoms with E-state index >= 15 is 0 Å². The maximum absolute atomic E-state index is 11.8. The second-order valence-corrected chi connectivity index (χ2v) is 4.85. The molecule has 0 saturated heterocycles. The molecular weight excluding hydrogens is 318 g/mol. The van der Waals surface area contributed by atoms with Gasteiger partial charge in [-0.1, -0.05) is 19.4 Å². The molecule has 1 aromatic carbocycles. The molecule has 0 aliphatic carbocycles. The summed E-state index contributed by atoms with van der Waals surface area (Å²) >= 11 is 0. The number of unbranched alkanes of at least 4 members (excludes halogenated alkanes) is 1. The van der Waals surface area contributed by atoms with E-state index in [0.717, 1.165) is 18.9 Å². The number of hydrogen-bond acceptors (Lipinski definition) is 6. The van der Waals surface area contributed by atoms with Crippen molar-refractivity contribution in [2.75, 3.05) is 19.7 Å².